The molecule has 21 heavy (non-hydrogen) atoms. The first-order chi connectivity index (χ1) is 9.88. The van der Waals surface area contributed by atoms with Gasteiger partial charge in [0.1, 0.15) is 11.9 Å². The molecule has 7 heteroatoms. The highest BCUT2D eigenvalue weighted by Crippen LogP contribution is 2.32. The third-order valence-electron chi connectivity index (χ3n) is 3.30. The summed E-state index contributed by atoms with van der Waals surface area (Å²) >= 11 is 11.8. The normalized spacial score (nSPS) is 20.4. The van der Waals surface area contributed by atoms with Crippen LogP contribution in [0.4, 0.5) is 4.39 Å². The van der Waals surface area contributed by atoms with E-state index < -0.39 is 11.9 Å². The molecule has 0 saturated carbocycles. The topological polar surface area (TPSA) is 55.6 Å². The number of benzene rings is 1. The summed E-state index contributed by atoms with van der Waals surface area (Å²) in [4.78, 5) is 13.7. The summed E-state index contributed by atoms with van der Waals surface area (Å²) in [6.07, 6.45) is -0.190. The number of carbonyl (C=O) groups is 1. The molecule has 0 radical (unpaired) electrons. The van der Waals surface area contributed by atoms with Crippen molar-refractivity contribution in [3.05, 3.63) is 33.6 Å². The number of ether oxygens (including phenoxy) is 1. The fourth-order valence-corrected chi connectivity index (χ4v) is 2.76. The average Bonchev–Trinajstić information content (AvgIpc) is 2.42. The van der Waals surface area contributed by atoms with Crippen LogP contribution in [0.25, 0.3) is 0 Å². The number of hydrogen-bond donors (Lipinski definition) is 1. The molecule has 1 saturated heterocycles. The first kappa shape index (κ1) is 16.5. The Balaban J connectivity index is 2.14. The summed E-state index contributed by atoms with van der Waals surface area (Å²) in [6.45, 7) is 2.97. The Labute approximate surface area is 132 Å². The fraction of sp³-hybridized carbons (Fsp3) is 0.500. The molecule has 0 bridgehead atoms. The summed E-state index contributed by atoms with van der Waals surface area (Å²) < 4.78 is 19.2. The highest BCUT2D eigenvalue weighted by molar-refractivity contribution is 6.35. The van der Waals surface area contributed by atoms with E-state index in [-0.39, 0.29) is 23.4 Å². The standard InChI is InChI=1S/C14H17Cl2FN2O2/c1-8(18)4-14(20)19-2-3-21-13(7-19)9-5-12(17)11(16)6-10(9)15/h5-6,8,13H,2-4,7,18H2,1H3. The van der Waals surface area contributed by atoms with E-state index in [0.717, 1.165) is 0 Å². The molecule has 0 spiro atoms. The van der Waals surface area contributed by atoms with Crippen LogP contribution in [0.3, 0.4) is 0 Å². The van der Waals surface area contributed by atoms with E-state index in [9.17, 15) is 9.18 Å². The number of nitrogens with two attached hydrogens (primary N) is 1. The number of amides is 1. The van der Waals surface area contributed by atoms with Crippen LogP contribution in [0.2, 0.25) is 10.0 Å². The number of hydrogen-bond acceptors (Lipinski definition) is 3. The maximum absolute atomic E-state index is 13.6. The molecule has 1 fully saturated rings. The van der Waals surface area contributed by atoms with Crippen LogP contribution in [0, 0.1) is 5.82 Å². The third kappa shape index (κ3) is 4.07. The number of nitrogens with zero attached hydrogens (tertiary/aromatic N) is 1. The molecule has 2 unspecified atom stereocenters. The quantitative estimate of drug-likeness (QED) is 0.864. The lowest BCUT2D eigenvalue weighted by Gasteiger charge is -2.34. The van der Waals surface area contributed by atoms with Gasteiger partial charge in [-0.25, -0.2) is 4.39 Å². The summed E-state index contributed by atoms with van der Waals surface area (Å²) in [7, 11) is 0. The minimum atomic E-state index is -0.557. The Morgan fingerprint density at radius 2 is 2.24 bits per heavy atom. The first-order valence-electron chi connectivity index (χ1n) is 6.68. The summed E-state index contributed by atoms with van der Waals surface area (Å²) in [5.74, 6) is -0.595. The monoisotopic (exact) mass is 334 g/mol. The molecule has 1 aliphatic rings. The van der Waals surface area contributed by atoms with E-state index in [4.69, 9.17) is 33.7 Å². The largest absolute Gasteiger partial charge is 0.370 e. The number of carbonyl (C=O) groups excluding carboxylic acids is 1. The summed E-state index contributed by atoms with van der Waals surface area (Å²) in [6, 6.07) is 2.41. The van der Waals surface area contributed by atoms with Gasteiger partial charge in [-0.15, -0.1) is 0 Å². The van der Waals surface area contributed by atoms with Crippen molar-refractivity contribution in [2.45, 2.75) is 25.5 Å². The van der Waals surface area contributed by atoms with Crippen LogP contribution in [-0.4, -0.2) is 36.5 Å². The number of morpholine rings is 1. The Morgan fingerprint density at radius 3 is 2.90 bits per heavy atom. The van der Waals surface area contributed by atoms with Gasteiger partial charge in [0.15, 0.2) is 0 Å². The van der Waals surface area contributed by atoms with Crippen LogP contribution in [-0.2, 0) is 9.53 Å². The molecular weight excluding hydrogens is 318 g/mol. The highest BCUT2D eigenvalue weighted by atomic mass is 35.5. The molecule has 4 nitrogen and oxygen atoms in total. The van der Waals surface area contributed by atoms with Gasteiger partial charge in [-0.2, -0.15) is 0 Å². The second-order valence-corrected chi connectivity index (χ2v) is 5.98. The molecule has 2 rings (SSSR count). The zero-order chi connectivity index (χ0) is 15.6. The van der Waals surface area contributed by atoms with Gasteiger partial charge >= 0.3 is 0 Å². The second kappa shape index (κ2) is 6.92. The van der Waals surface area contributed by atoms with E-state index in [2.05, 4.69) is 0 Å². The lowest BCUT2D eigenvalue weighted by molar-refractivity contribution is -0.139. The second-order valence-electron chi connectivity index (χ2n) is 5.17. The van der Waals surface area contributed by atoms with E-state index in [0.29, 0.717) is 30.3 Å². The van der Waals surface area contributed by atoms with Crippen molar-refractivity contribution in [3.8, 4) is 0 Å². The first-order valence-corrected chi connectivity index (χ1v) is 7.43. The van der Waals surface area contributed by atoms with Crippen LogP contribution in [0.5, 0.6) is 0 Å². The lowest BCUT2D eigenvalue weighted by Crippen LogP contribution is -2.43. The molecule has 0 aromatic heterocycles. The van der Waals surface area contributed by atoms with Crippen LogP contribution in [0.1, 0.15) is 25.0 Å². The molecule has 116 valence electrons. The molecule has 0 aliphatic carbocycles. The Bertz CT molecular complexity index is 540. The van der Waals surface area contributed by atoms with Gasteiger partial charge in [0, 0.05) is 29.6 Å². The van der Waals surface area contributed by atoms with E-state index in [1.54, 1.807) is 11.8 Å². The zero-order valence-corrected chi connectivity index (χ0v) is 13.1. The maximum Gasteiger partial charge on any atom is 0.224 e. The van der Waals surface area contributed by atoms with E-state index in [1.807, 2.05) is 0 Å². The van der Waals surface area contributed by atoms with Crippen LogP contribution < -0.4 is 5.73 Å². The van der Waals surface area contributed by atoms with Crippen molar-refractivity contribution in [2.75, 3.05) is 19.7 Å². The molecule has 1 amide bonds. The molecule has 2 N–H and O–H groups in total. The van der Waals surface area contributed by atoms with Gasteiger partial charge in [0.25, 0.3) is 0 Å². The molecular formula is C14H17Cl2FN2O2. The van der Waals surface area contributed by atoms with Crippen molar-refractivity contribution in [1.29, 1.82) is 0 Å². The zero-order valence-electron chi connectivity index (χ0n) is 11.6. The molecule has 2 atom stereocenters. The van der Waals surface area contributed by atoms with Gasteiger partial charge in [-0.1, -0.05) is 23.2 Å². The highest BCUT2D eigenvalue weighted by Gasteiger charge is 2.27. The number of rotatable bonds is 3. The lowest BCUT2D eigenvalue weighted by atomic mass is 10.1. The van der Waals surface area contributed by atoms with E-state index >= 15 is 0 Å². The van der Waals surface area contributed by atoms with Crippen LogP contribution >= 0.6 is 23.2 Å². The maximum atomic E-state index is 13.6. The van der Waals surface area contributed by atoms with Crippen molar-refractivity contribution in [2.24, 2.45) is 5.73 Å². The van der Waals surface area contributed by atoms with E-state index in [1.165, 1.54) is 12.1 Å². The van der Waals surface area contributed by atoms with Gasteiger partial charge in [-0.05, 0) is 19.1 Å². The molecule has 1 heterocycles. The molecule has 1 aromatic carbocycles. The Morgan fingerprint density at radius 1 is 1.52 bits per heavy atom. The van der Waals surface area contributed by atoms with Gasteiger partial charge in [-0.3, -0.25) is 4.79 Å². The van der Waals surface area contributed by atoms with Crippen LogP contribution in [0.15, 0.2) is 12.1 Å². The Kier molecular flexibility index (Phi) is 5.43. The molecule has 1 aliphatic heterocycles. The van der Waals surface area contributed by atoms with Gasteiger partial charge in [0.05, 0.1) is 18.2 Å². The SMILES string of the molecule is CC(N)CC(=O)N1CCOC(c2cc(F)c(Cl)cc2Cl)C1. The smallest absolute Gasteiger partial charge is 0.224 e. The van der Waals surface area contributed by atoms with Crippen molar-refractivity contribution >= 4 is 29.1 Å². The van der Waals surface area contributed by atoms with Crippen molar-refractivity contribution in [3.63, 3.8) is 0 Å². The van der Waals surface area contributed by atoms with Crippen molar-refractivity contribution < 1.29 is 13.9 Å². The number of halogens is 3. The average molecular weight is 335 g/mol. The van der Waals surface area contributed by atoms with Gasteiger partial charge in [0.2, 0.25) is 5.91 Å². The van der Waals surface area contributed by atoms with Gasteiger partial charge < -0.3 is 15.4 Å². The Hall–Kier alpha value is -0.880. The third-order valence-corrected chi connectivity index (χ3v) is 3.92. The molecule has 1 aromatic rings. The van der Waals surface area contributed by atoms with Crippen molar-refractivity contribution in [1.82, 2.24) is 4.90 Å². The fourth-order valence-electron chi connectivity index (χ4n) is 2.25. The minimum absolute atomic E-state index is 0.0375. The summed E-state index contributed by atoms with van der Waals surface area (Å²) in [5, 5.41) is 0.289. The predicted octanol–water partition coefficient (Wildman–Crippen LogP) is 2.77. The summed E-state index contributed by atoms with van der Waals surface area (Å²) in [5.41, 5.74) is 6.14. The minimum Gasteiger partial charge on any atom is -0.370 e. The predicted molar refractivity (Wildman–Crippen MR) is 80.0 cm³/mol.